The highest BCUT2D eigenvalue weighted by molar-refractivity contribution is 7.92. The number of nitrogens with one attached hydrogen (secondary N) is 2. The number of carbonyl (C=O) groups excluding carboxylic acids is 1. The van der Waals surface area contributed by atoms with Crippen molar-refractivity contribution in [2.45, 2.75) is 4.90 Å². The molecule has 0 bridgehead atoms. The van der Waals surface area contributed by atoms with Crippen LogP contribution in [0, 0.1) is 10.1 Å². The average Bonchev–Trinajstić information content (AvgIpc) is 2.79. The van der Waals surface area contributed by atoms with Crippen LogP contribution in [0.25, 0.3) is 0 Å². The summed E-state index contributed by atoms with van der Waals surface area (Å²) in [5, 5.41) is 13.4. The van der Waals surface area contributed by atoms with Gasteiger partial charge in [-0.3, -0.25) is 19.6 Å². The van der Waals surface area contributed by atoms with Crippen LogP contribution in [0.1, 0.15) is 10.4 Å². The molecule has 3 aromatic carbocycles. The first-order valence-corrected chi connectivity index (χ1v) is 10.9. The molecule has 2 N–H and O–H groups in total. The lowest BCUT2D eigenvalue weighted by atomic mass is 10.2. The number of amides is 1. The van der Waals surface area contributed by atoms with Gasteiger partial charge < -0.3 is 14.8 Å². The van der Waals surface area contributed by atoms with Gasteiger partial charge in [-0.15, -0.1) is 0 Å². The van der Waals surface area contributed by atoms with E-state index in [0.717, 1.165) is 0 Å². The number of hydrogen-bond acceptors (Lipinski definition) is 7. The van der Waals surface area contributed by atoms with Gasteiger partial charge in [-0.1, -0.05) is 6.07 Å². The summed E-state index contributed by atoms with van der Waals surface area (Å²) in [7, 11) is -3.89. The van der Waals surface area contributed by atoms with E-state index in [4.69, 9.17) is 9.47 Å². The summed E-state index contributed by atoms with van der Waals surface area (Å²) in [4.78, 5) is 22.7. The molecule has 0 aliphatic carbocycles. The Morgan fingerprint density at radius 3 is 2.34 bits per heavy atom. The van der Waals surface area contributed by atoms with E-state index < -0.39 is 20.9 Å². The first-order valence-electron chi connectivity index (χ1n) is 9.40. The molecule has 10 nitrogen and oxygen atoms in total. The van der Waals surface area contributed by atoms with Gasteiger partial charge in [0.05, 0.1) is 9.82 Å². The minimum absolute atomic E-state index is 0.00856. The summed E-state index contributed by atoms with van der Waals surface area (Å²) >= 11 is 0. The van der Waals surface area contributed by atoms with Crippen LogP contribution in [-0.4, -0.2) is 32.5 Å². The molecule has 3 aromatic rings. The Labute approximate surface area is 183 Å². The normalized spacial score (nSPS) is 12.6. The monoisotopic (exact) mass is 455 g/mol. The van der Waals surface area contributed by atoms with E-state index in [0.29, 0.717) is 24.7 Å². The quantitative estimate of drug-likeness (QED) is 0.429. The zero-order valence-electron chi connectivity index (χ0n) is 16.5. The third-order valence-electron chi connectivity index (χ3n) is 4.54. The number of nitro groups is 1. The third kappa shape index (κ3) is 4.62. The summed E-state index contributed by atoms with van der Waals surface area (Å²) in [6, 6.07) is 15.6. The Morgan fingerprint density at radius 2 is 1.62 bits per heavy atom. The fourth-order valence-electron chi connectivity index (χ4n) is 3.00. The maximum atomic E-state index is 12.7. The standard InChI is InChI=1S/C21H17N3O7S/c25-21(22-16-2-1-3-17(12-16)24(26)27)14-4-6-15(7-5-14)23-32(28,29)18-8-9-19-20(13-18)31-11-10-30-19/h1-9,12-13,23H,10-11H2,(H,22,25). The number of sulfonamides is 1. The van der Waals surface area contributed by atoms with E-state index in [9.17, 15) is 23.3 Å². The summed E-state index contributed by atoms with van der Waals surface area (Å²) in [5.41, 5.74) is 0.629. The summed E-state index contributed by atoms with van der Waals surface area (Å²) in [6.45, 7) is 0.738. The van der Waals surface area contributed by atoms with Gasteiger partial charge in [-0.05, 0) is 42.5 Å². The maximum absolute atomic E-state index is 12.7. The zero-order chi connectivity index (χ0) is 22.7. The van der Waals surface area contributed by atoms with Crippen molar-refractivity contribution in [3.05, 3.63) is 82.4 Å². The van der Waals surface area contributed by atoms with E-state index in [1.54, 1.807) is 0 Å². The minimum atomic E-state index is -3.89. The number of fused-ring (bicyclic) bond motifs is 1. The summed E-state index contributed by atoms with van der Waals surface area (Å²) in [5.74, 6) is 0.341. The van der Waals surface area contributed by atoms with E-state index in [1.807, 2.05) is 0 Å². The lowest BCUT2D eigenvalue weighted by molar-refractivity contribution is -0.384. The number of nitrogens with zero attached hydrogens (tertiary/aromatic N) is 1. The molecule has 0 saturated carbocycles. The van der Waals surface area contributed by atoms with Crippen molar-refractivity contribution in [2.24, 2.45) is 0 Å². The highest BCUT2D eigenvalue weighted by atomic mass is 32.2. The van der Waals surface area contributed by atoms with Gasteiger partial charge in [0, 0.05) is 35.1 Å². The second-order valence-corrected chi connectivity index (χ2v) is 8.43. The number of non-ortho nitro benzene ring substituents is 1. The van der Waals surface area contributed by atoms with Gasteiger partial charge in [0.15, 0.2) is 11.5 Å². The minimum Gasteiger partial charge on any atom is -0.486 e. The number of hydrogen-bond donors (Lipinski definition) is 2. The molecule has 0 atom stereocenters. The largest absolute Gasteiger partial charge is 0.486 e. The molecule has 4 rings (SSSR count). The number of anilines is 2. The Hall–Kier alpha value is -4.12. The molecule has 0 radical (unpaired) electrons. The van der Waals surface area contributed by atoms with Crippen LogP contribution in [-0.2, 0) is 10.0 Å². The van der Waals surface area contributed by atoms with Gasteiger partial charge in [-0.2, -0.15) is 0 Å². The van der Waals surface area contributed by atoms with Crippen LogP contribution in [0.5, 0.6) is 11.5 Å². The molecule has 0 fully saturated rings. The van der Waals surface area contributed by atoms with Crippen molar-refractivity contribution in [1.82, 2.24) is 0 Å². The van der Waals surface area contributed by atoms with Crippen molar-refractivity contribution < 1.29 is 27.6 Å². The van der Waals surface area contributed by atoms with E-state index in [2.05, 4.69) is 10.0 Å². The molecule has 164 valence electrons. The van der Waals surface area contributed by atoms with E-state index in [1.165, 1.54) is 66.7 Å². The molecule has 1 heterocycles. The topological polar surface area (TPSA) is 137 Å². The lowest BCUT2D eigenvalue weighted by Crippen LogP contribution is -2.17. The van der Waals surface area contributed by atoms with E-state index >= 15 is 0 Å². The molecule has 0 unspecified atom stereocenters. The Balaban J connectivity index is 1.46. The van der Waals surface area contributed by atoms with Crippen molar-refractivity contribution in [3.63, 3.8) is 0 Å². The first-order chi connectivity index (χ1) is 15.3. The van der Waals surface area contributed by atoms with Crippen LogP contribution in [0.15, 0.2) is 71.6 Å². The van der Waals surface area contributed by atoms with Crippen LogP contribution < -0.4 is 19.5 Å². The van der Waals surface area contributed by atoms with Crippen LogP contribution in [0.4, 0.5) is 17.1 Å². The van der Waals surface area contributed by atoms with Crippen LogP contribution in [0.3, 0.4) is 0 Å². The molecule has 1 aliphatic rings. The fourth-order valence-corrected chi connectivity index (χ4v) is 4.07. The number of carbonyl (C=O) groups is 1. The summed E-state index contributed by atoms with van der Waals surface area (Å²) in [6.07, 6.45) is 0. The smallest absolute Gasteiger partial charge is 0.271 e. The van der Waals surface area contributed by atoms with Gasteiger partial charge in [0.2, 0.25) is 0 Å². The Morgan fingerprint density at radius 1 is 0.906 bits per heavy atom. The molecular weight excluding hydrogens is 438 g/mol. The molecule has 11 heteroatoms. The summed E-state index contributed by atoms with van der Waals surface area (Å²) < 4.78 is 38.6. The van der Waals surface area contributed by atoms with Crippen molar-refractivity contribution >= 4 is 33.0 Å². The lowest BCUT2D eigenvalue weighted by Gasteiger charge is -2.19. The predicted molar refractivity (Wildman–Crippen MR) is 116 cm³/mol. The number of nitro benzene ring substituents is 1. The van der Waals surface area contributed by atoms with Gasteiger partial charge in [-0.25, -0.2) is 8.42 Å². The third-order valence-corrected chi connectivity index (χ3v) is 5.92. The average molecular weight is 455 g/mol. The molecule has 1 aliphatic heterocycles. The first kappa shape index (κ1) is 21.1. The number of ether oxygens (including phenoxy) is 2. The highest BCUT2D eigenvalue weighted by Gasteiger charge is 2.20. The molecule has 0 saturated heterocycles. The molecule has 32 heavy (non-hydrogen) atoms. The molecular formula is C21H17N3O7S. The predicted octanol–water partition coefficient (Wildman–Crippen LogP) is 3.42. The van der Waals surface area contributed by atoms with Crippen molar-refractivity contribution in [1.29, 1.82) is 0 Å². The van der Waals surface area contributed by atoms with Crippen molar-refractivity contribution in [3.8, 4) is 11.5 Å². The van der Waals surface area contributed by atoms with Crippen LogP contribution in [0.2, 0.25) is 0 Å². The van der Waals surface area contributed by atoms with E-state index in [-0.39, 0.29) is 27.5 Å². The molecule has 0 aromatic heterocycles. The van der Waals surface area contributed by atoms with Gasteiger partial charge in [0.1, 0.15) is 13.2 Å². The maximum Gasteiger partial charge on any atom is 0.271 e. The Kier molecular flexibility index (Phi) is 5.65. The molecule has 1 amide bonds. The second kappa shape index (κ2) is 8.55. The van der Waals surface area contributed by atoms with Gasteiger partial charge >= 0.3 is 0 Å². The number of rotatable bonds is 6. The zero-order valence-corrected chi connectivity index (χ0v) is 17.3. The second-order valence-electron chi connectivity index (χ2n) is 6.75. The number of benzene rings is 3. The van der Waals surface area contributed by atoms with Crippen LogP contribution >= 0.6 is 0 Å². The Bertz CT molecular complexity index is 1290. The SMILES string of the molecule is O=C(Nc1cccc([N+](=O)[O-])c1)c1ccc(NS(=O)(=O)c2ccc3c(c2)OCCO3)cc1. The van der Waals surface area contributed by atoms with Crippen molar-refractivity contribution in [2.75, 3.05) is 23.3 Å². The van der Waals surface area contributed by atoms with Gasteiger partial charge in [0.25, 0.3) is 21.6 Å². The fraction of sp³-hybridized carbons (Fsp3) is 0.0952. The molecule has 0 spiro atoms. The highest BCUT2D eigenvalue weighted by Crippen LogP contribution is 2.32.